The van der Waals surface area contributed by atoms with Crippen LogP contribution in [0.1, 0.15) is 39.9 Å². The summed E-state index contributed by atoms with van der Waals surface area (Å²) in [5.41, 5.74) is 0. The molecule has 2 heterocycles. The van der Waals surface area contributed by atoms with Gasteiger partial charge in [-0.1, -0.05) is 20.8 Å². The van der Waals surface area contributed by atoms with Crippen LogP contribution in [0.4, 0.5) is 0 Å². The highest BCUT2D eigenvalue weighted by Gasteiger charge is 2.34. The molecular weight excluding hydrogens is 376 g/mol. The predicted molar refractivity (Wildman–Crippen MR) is 106 cm³/mol. The number of Topliss-reactive ketones (excluding diaryl/α,β-unsaturated/α-hetero) is 1. The number of carbonyl (C=O) groups is 3. The van der Waals surface area contributed by atoms with Gasteiger partial charge < -0.3 is 25.2 Å². The topological polar surface area (TPSA) is 129 Å². The Hall–Kier alpha value is -2.33. The van der Waals surface area contributed by atoms with E-state index in [1.165, 1.54) is 6.92 Å². The zero-order chi connectivity index (χ0) is 21.7. The van der Waals surface area contributed by atoms with Gasteiger partial charge in [-0.05, 0) is 25.8 Å². The molecule has 1 aliphatic heterocycles. The molecule has 0 spiro atoms. The van der Waals surface area contributed by atoms with Gasteiger partial charge in [0.25, 0.3) is 0 Å². The van der Waals surface area contributed by atoms with Crippen molar-refractivity contribution < 1.29 is 19.5 Å². The number of hydrogen-bond acceptors (Lipinski definition) is 7. The first-order chi connectivity index (χ1) is 13.6. The molecular formula is C19H32N6O4. The highest BCUT2D eigenvalue weighted by molar-refractivity contribution is 5.90. The number of amides is 2. The summed E-state index contributed by atoms with van der Waals surface area (Å²) < 4.78 is 1.91. The minimum Gasteiger partial charge on any atom is -0.391 e. The van der Waals surface area contributed by atoms with E-state index in [1.807, 2.05) is 18.4 Å². The Morgan fingerprint density at radius 2 is 1.90 bits per heavy atom. The third-order valence-electron chi connectivity index (χ3n) is 5.41. The van der Waals surface area contributed by atoms with Crippen molar-refractivity contribution in [3.63, 3.8) is 0 Å². The summed E-state index contributed by atoms with van der Waals surface area (Å²) in [6.07, 6.45) is 0.656. The van der Waals surface area contributed by atoms with Crippen molar-refractivity contribution in [2.45, 2.75) is 65.4 Å². The Morgan fingerprint density at radius 3 is 2.48 bits per heavy atom. The number of aromatic nitrogens is 3. The second-order valence-electron chi connectivity index (χ2n) is 8.04. The van der Waals surface area contributed by atoms with E-state index < -0.39 is 30.0 Å². The Morgan fingerprint density at radius 1 is 1.21 bits per heavy atom. The van der Waals surface area contributed by atoms with Crippen molar-refractivity contribution in [2.24, 2.45) is 11.8 Å². The molecule has 0 saturated heterocycles. The summed E-state index contributed by atoms with van der Waals surface area (Å²) in [7, 11) is 1.57. The van der Waals surface area contributed by atoms with Crippen LogP contribution in [0, 0.1) is 11.8 Å². The van der Waals surface area contributed by atoms with E-state index in [9.17, 15) is 19.5 Å². The quantitative estimate of drug-likeness (QED) is 0.494. The van der Waals surface area contributed by atoms with Gasteiger partial charge >= 0.3 is 0 Å². The number of carbonyl (C=O) groups excluding carboxylic acids is 3. The molecule has 0 bridgehead atoms. The van der Waals surface area contributed by atoms with E-state index in [1.54, 1.807) is 25.2 Å². The van der Waals surface area contributed by atoms with Gasteiger partial charge in [-0.2, -0.15) is 0 Å². The maximum absolute atomic E-state index is 12.7. The number of nitrogens with zero attached hydrogens (tertiary/aromatic N) is 4. The van der Waals surface area contributed by atoms with Crippen LogP contribution >= 0.6 is 0 Å². The molecule has 29 heavy (non-hydrogen) atoms. The molecule has 0 radical (unpaired) electrons. The zero-order valence-corrected chi connectivity index (χ0v) is 17.8. The first-order valence-corrected chi connectivity index (χ1v) is 9.96. The van der Waals surface area contributed by atoms with Crippen LogP contribution < -0.4 is 10.6 Å². The van der Waals surface area contributed by atoms with Gasteiger partial charge in [0, 0.05) is 19.5 Å². The van der Waals surface area contributed by atoms with Crippen LogP contribution in [-0.4, -0.2) is 74.1 Å². The number of nitrogens with one attached hydrogen (secondary N) is 2. The molecule has 2 rings (SSSR count). The SMILES string of the molecule is CN[C@@H](C(=O)N[C@@H](C(C)=O)C(C)C)[C@H](O)[C@H](C)CC(=O)N1CCn2cnnc2C1. The molecule has 0 saturated carbocycles. The maximum atomic E-state index is 12.7. The zero-order valence-electron chi connectivity index (χ0n) is 17.8. The first-order valence-electron chi connectivity index (χ1n) is 9.96. The fourth-order valence-electron chi connectivity index (χ4n) is 3.57. The molecule has 1 aromatic rings. The van der Waals surface area contributed by atoms with E-state index in [0.717, 1.165) is 5.82 Å². The normalized spacial score (nSPS) is 18.0. The fourth-order valence-corrected chi connectivity index (χ4v) is 3.57. The van der Waals surface area contributed by atoms with E-state index in [2.05, 4.69) is 20.8 Å². The average Bonchev–Trinajstić information content (AvgIpc) is 3.13. The minimum atomic E-state index is -1.09. The lowest BCUT2D eigenvalue weighted by molar-refractivity contribution is -0.136. The number of hydrogen-bond donors (Lipinski definition) is 3. The molecule has 0 unspecified atom stereocenters. The highest BCUT2D eigenvalue weighted by atomic mass is 16.3. The molecule has 3 N–H and O–H groups in total. The summed E-state index contributed by atoms with van der Waals surface area (Å²) in [6, 6.07) is -1.55. The van der Waals surface area contributed by atoms with Crippen molar-refractivity contribution >= 4 is 17.6 Å². The van der Waals surface area contributed by atoms with E-state index in [4.69, 9.17) is 0 Å². The van der Waals surface area contributed by atoms with Gasteiger partial charge in [-0.15, -0.1) is 10.2 Å². The van der Waals surface area contributed by atoms with E-state index in [0.29, 0.717) is 19.6 Å². The lowest BCUT2D eigenvalue weighted by Gasteiger charge is -2.31. The van der Waals surface area contributed by atoms with Crippen LogP contribution in [0.15, 0.2) is 6.33 Å². The van der Waals surface area contributed by atoms with Crippen molar-refractivity contribution in [2.75, 3.05) is 13.6 Å². The largest absolute Gasteiger partial charge is 0.391 e. The van der Waals surface area contributed by atoms with Crippen molar-refractivity contribution in [3.05, 3.63) is 12.2 Å². The summed E-state index contributed by atoms with van der Waals surface area (Å²) in [4.78, 5) is 38.8. The van der Waals surface area contributed by atoms with Crippen LogP contribution in [0.25, 0.3) is 0 Å². The first kappa shape index (κ1) is 23.0. The lowest BCUT2D eigenvalue weighted by Crippen LogP contribution is -2.56. The minimum absolute atomic E-state index is 0.0637. The molecule has 1 aromatic heterocycles. The van der Waals surface area contributed by atoms with Gasteiger partial charge in [0.15, 0.2) is 11.6 Å². The number of fused-ring (bicyclic) bond motifs is 1. The van der Waals surface area contributed by atoms with Crippen molar-refractivity contribution in [3.8, 4) is 0 Å². The standard InChI is InChI=1S/C19H32N6O4/c1-11(2)16(13(4)26)22-19(29)17(20-5)18(28)12(3)8-15(27)24-6-7-25-10-21-23-14(25)9-24/h10-12,16-18,20,28H,6-9H2,1-5H3,(H,22,29)/t12-,16-,17-,18-/m1/s1. The number of ketones is 1. The van der Waals surface area contributed by atoms with Crippen molar-refractivity contribution in [1.29, 1.82) is 0 Å². The van der Waals surface area contributed by atoms with Gasteiger partial charge in [0.05, 0.1) is 18.7 Å². The summed E-state index contributed by atoms with van der Waals surface area (Å²) in [6.45, 7) is 8.42. The summed E-state index contributed by atoms with van der Waals surface area (Å²) in [5, 5.41) is 24.1. The Balaban J connectivity index is 1.96. The third-order valence-corrected chi connectivity index (χ3v) is 5.41. The average molecular weight is 409 g/mol. The molecule has 4 atom stereocenters. The second-order valence-corrected chi connectivity index (χ2v) is 8.04. The lowest BCUT2D eigenvalue weighted by atomic mass is 9.92. The highest BCUT2D eigenvalue weighted by Crippen LogP contribution is 2.17. The maximum Gasteiger partial charge on any atom is 0.240 e. The van der Waals surface area contributed by atoms with Crippen molar-refractivity contribution in [1.82, 2.24) is 30.3 Å². The molecule has 2 amide bonds. The third kappa shape index (κ3) is 5.60. The Labute approximate surface area is 171 Å². The Kier molecular flexibility index (Phi) is 7.86. The van der Waals surface area contributed by atoms with Crippen LogP contribution in [0.3, 0.4) is 0 Å². The van der Waals surface area contributed by atoms with Gasteiger partial charge in [0.2, 0.25) is 11.8 Å². The predicted octanol–water partition coefficient (Wildman–Crippen LogP) is -0.675. The molecule has 0 aliphatic carbocycles. The van der Waals surface area contributed by atoms with Gasteiger partial charge in [-0.25, -0.2) is 0 Å². The summed E-state index contributed by atoms with van der Waals surface area (Å²) >= 11 is 0. The fraction of sp³-hybridized carbons (Fsp3) is 0.737. The summed E-state index contributed by atoms with van der Waals surface area (Å²) in [5.74, 6) is -0.496. The number of likely N-dealkylation sites (N-methyl/N-ethyl adjacent to an activating group) is 1. The smallest absolute Gasteiger partial charge is 0.240 e. The van der Waals surface area contributed by atoms with E-state index >= 15 is 0 Å². The molecule has 10 heteroatoms. The van der Waals surface area contributed by atoms with Crippen LogP contribution in [0.5, 0.6) is 0 Å². The monoisotopic (exact) mass is 408 g/mol. The van der Waals surface area contributed by atoms with Gasteiger partial charge in [-0.3, -0.25) is 14.4 Å². The number of rotatable bonds is 9. The van der Waals surface area contributed by atoms with E-state index in [-0.39, 0.29) is 24.0 Å². The number of aliphatic hydroxyl groups excluding tert-OH is 1. The molecule has 1 aliphatic rings. The second kappa shape index (κ2) is 9.93. The molecule has 0 aromatic carbocycles. The molecule has 0 fully saturated rings. The molecule has 162 valence electrons. The van der Waals surface area contributed by atoms with Crippen LogP contribution in [0.2, 0.25) is 0 Å². The Bertz CT molecular complexity index is 734. The van der Waals surface area contributed by atoms with Crippen LogP contribution in [-0.2, 0) is 27.5 Å². The van der Waals surface area contributed by atoms with Gasteiger partial charge in [0.1, 0.15) is 12.4 Å². The molecule has 10 nitrogen and oxygen atoms in total. The number of aliphatic hydroxyl groups is 1.